The van der Waals surface area contributed by atoms with Crippen molar-refractivity contribution >= 4 is 50.7 Å². The Morgan fingerprint density at radius 1 is 1.14 bits per heavy atom. The average molecular weight is 402 g/mol. The standard InChI is InChI=1S/C22H18N4O2S/c27-20-16(10-14-4-3-8-23-14)17-11-19(29-22(17)26-20)21(28)24-9-7-13-12-25-18-6-2-1-5-15(13)18/h1-6,8,10-12,23,25H,7,9H2,(H,24,28)(H,26,27). The number of benzene rings is 1. The molecule has 144 valence electrons. The highest BCUT2D eigenvalue weighted by molar-refractivity contribution is 7.18. The Morgan fingerprint density at radius 3 is 2.90 bits per heavy atom. The number of aromatic amines is 2. The van der Waals surface area contributed by atoms with Crippen LogP contribution < -0.4 is 10.6 Å². The minimum Gasteiger partial charge on any atom is -0.362 e. The Morgan fingerprint density at radius 2 is 2.03 bits per heavy atom. The van der Waals surface area contributed by atoms with Crippen LogP contribution in [0.15, 0.2) is 54.9 Å². The summed E-state index contributed by atoms with van der Waals surface area (Å²) in [5.74, 6) is -0.273. The predicted octanol–water partition coefficient (Wildman–Crippen LogP) is 4.02. The van der Waals surface area contributed by atoms with Crippen LogP contribution >= 0.6 is 11.3 Å². The Balaban J connectivity index is 1.28. The van der Waals surface area contributed by atoms with Gasteiger partial charge in [-0.15, -0.1) is 11.3 Å². The summed E-state index contributed by atoms with van der Waals surface area (Å²) >= 11 is 1.30. The highest BCUT2D eigenvalue weighted by Crippen LogP contribution is 2.39. The fourth-order valence-electron chi connectivity index (χ4n) is 3.56. The highest BCUT2D eigenvalue weighted by Gasteiger charge is 2.28. The molecule has 29 heavy (non-hydrogen) atoms. The molecule has 0 aliphatic carbocycles. The van der Waals surface area contributed by atoms with Gasteiger partial charge in [0.1, 0.15) is 5.00 Å². The van der Waals surface area contributed by atoms with Gasteiger partial charge in [-0.25, -0.2) is 0 Å². The van der Waals surface area contributed by atoms with Crippen molar-refractivity contribution in [3.63, 3.8) is 0 Å². The molecule has 0 spiro atoms. The third-order valence-corrected chi connectivity index (χ3v) is 6.04. The summed E-state index contributed by atoms with van der Waals surface area (Å²) in [7, 11) is 0. The number of hydrogen-bond donors (Lipinski definition) is 4. The second kappa shape index (κ2) is 7.10. The molecule has 0 bridgehead atoms. The van der Waals surface area contributed by atoms with Crippen LogP contribution in [-0.4, -0.2) is 28.3 Å². The van der Waals surface area contributed by atoms with Crippen molar-refractivity contribution in [1.82, 2.24) is 15.3 Å². The first kappa shape index (κ1) is 17.5. The number of thiophene rings is 1. The van der Waals surface area contributed by atoms with E-state index in [4.69, 9.17) is 0 Å². The van der Waals surface area contributed by atoms with Crippen molar-refractivity contribution in [3.8, 4) is 0 Å². The number of carbonyl (C=O) groups is 2. The Bertz CT molecular complexity index is 1250. The number of rotatable bonds is 5. The van der Waals surface area contributed by atoms with Crippen LogP contribution in [0.1, 0.15) is 26.5 Å². The predicted molar refractivity (Wildman–Crippen MR) is 116 cm³/mol. The molecule has 7 heteroatoms. The average Bonchev–Trinajstić information content (AvgIpc) is 3.49. The number of hydrogen-bond acceptors (Lipinski definition) is 3. The van der Waals surface area contributed by atoms with Crippen molar-refractivity contribution < 1.29 is 9.59 Å². The van der Waals surface area contributed by atoms with E-state index in [2.05, 4.69) is 26.7 Å². The Labute approximate surface area is 170 Å². The van der Waals surface area contributed by atoms with Gasteiger partial charge in [-0.3, -0.25) is 9.59 Å². The molecule has 2 amide bonds. The van der Waals surface area contributed by atoms with Crippen molar-refractivity contribution in [1.29, 1.82) is 0 Å². The first-order valence-electron chi connectivity index (χ1n) is 9.33. The molecule has 0 saturated heterocycles. The molecule has 0 atom stereocenters. The van der Waals surface area contributed by atoms with Gasteiger partial charge < -0.3 is 20.6 Å². The molecule has 0 radical (unpaired) electrons. The first-order valence-corrected chi connectivity index (χ1v) is 10.1. The molecular formula is C22H18N4O2S. The summed E-state index contributed by atoms with van der Waals surface area (Å²) < 4.78 is 0. The van der Waals surface area contributed by atoms with E-state index < -0.39 is 0 Å². The van der Waals surface area contributed by atoms with E-state index in [1.54, 1.807) is 18.3 Å². The lowest BCUT2D eigenvalue weighted by atomic mass is 10.1. The van der Waals surface area contributed by atoms with E-state index in [0.717, 1.165) is 28.2 Å². The number of amides is 2. The van der Waals surface area contributed by atoms with Crippen LogP contribution in [0.4, 0.5) is 5.00 Å². The number of aromatic nitrogens is 2. The summed E-state index contributed by atoms with van der Waals surface area (Å²) in [5, 5.41) is 7.73. The van der Waals surface area contributed by atoms with Gasteiger partial charge in [-0.05, 0) is 42.3 Å². The summed E-state index contributed by atoms with van der Waals surface area (Å²) in [6.45, 7) is 0.542. The molecule has 3 aromatic heterocycles. The fraction of sp³-hybridized carbons (Fsp3) is 0.0909. The smallest absolute Gasteiger partial charge is 0.261 e. The quantitative estimate of drug-likeness (QED) is 0.380. The van der Waals surface area contributed by atoms with Crippen LogP contribution in [0.3, 0.4) is 0 Å². The van der Waals surface area contributed by atoms with Crippen molar-refractivity contribution in [2.24, 2.45) is 0 Å². The maximum atomic E-state index is 12.6. The molecule has 1 aromatic carbocycles. The number of anilines is 1. The lowest BCUT2D eigenvalue weighted by molar-refractivity contribution is -0.110. The van der Waals surface area contributed by atoms with Gasteiger partial charge in [-0.1, -0.05) is 18.2 Å². The molecule has 4 heterocycles. The Hall–Kier alpha value is -3.58. The Kier molecular flexibility index (Phi) is 4.29. The van der Waals surface area contributed by atoms with E-state index in [1.807, 2.05) is 36.5 Å². The van der Waals surface area contributed by atoms with Crippen LogP contribution in [0.5, 0.6) is 0 Å². The van der Waals surface area contributed by atoms with E-state index >= 15 is 0 Å². The second-order valence-electron chi connectivity index (χ2n) is 6.86. The normalized spacial score (nSPS) is 14.3. The van der Waals surface area contributed by atoms with Crippen molar-refractivity contribution in [2.45, 2.75) is 6.42 Å². The van der Waals surface area contributed by atoms with Crippen LogP contribution in [-0.2, 0) is 11.2 Å². The highest BCUT2D eigenvalue weighted by atomic mass is 32.1. The monoisotopic (exact) mass is 402 g/mol. The zero-order valence-electron chi connectivity index (χ0n) is 15.4. The van der Waals surface area contributed by atoms with Gasteiger partial charge in [0.15, 0.2) is 0 Å². The maximum absolute atomic E-state index is 12.6. The van der Waals surface area contributed by atoms with E-state index in [-0.39, 0.29) is 11.8 Å². The van der Waals surface area contributed by atoms with Gasteiger partial charge in [0.2, 0.25) is 0 Å². The van der Waals surface area contributed by atoms with E-state index in [0.29, 0.717) is 17.0 Å². The fourth-order valence-corrected chi connectivity index (χ4v) is 4.54. The molecule has 0 fully saturated rings. The summed E-state index contributed by atoms with van der Waals surface area (Å²) in [6.07, 6.45) is 6.34. The summed E-state index contributed by atoms with van der Waals surface area (Å²) in [5.41, 5.74) is 4.46. The summed E-state index contributed by atoms with van der Waals surface area (Å²) in [6, 6.07) is 13.7. The molecule has 1 aliphatic heterocycles. The van der Waals surface area contributed by atoms with Gasteiger partial charge in [-0.2, -0.15) is 0 Å². The first-order chi connectivity index (χ1) is 14.2. The lowest BCUT2D eigenvalue weighted by Gasteiger charge is -2.03. The number of nitrogens with one attached hydrogen (secondary N) is 4. The molecule has 0 saturated carbocycles. The molecule has 6 nitrogen and oxygen atoms in total. The van der Waals surface area contributed by atoms with Gasteiger partial charge in [0, 0.05) is 41.1 Å². The zero-order chi connectivity index (χ0) is 19.8. The van der Waals surface area contributed by atoms with Gasteiger partial charge >= 0.3 is 0 Å². The largest absolute Gasteiger partial charge is 0.362 e. The minimum absolute atomic E-state index is 0.127. The molecule has 4 N–H and O–H groups in total. The van der Waals surface area contributed by atoms with Crippen LogP contribution in [0.2, 0.25) is 0 Å². The van der Waals surface area contributed by atoms with E-state index in [9.17, 15) is 9.59 Å². The van der Waals surface area contributed by atoms with Crippen LogP contribution in [0.25, 0.3) is 22.6 Å². The summed E-state index contributed by atoms with van der Waals surface area (Å²) in [4.78, 5) is 31.7. The third kappa shape index (κ3) is 3.25. The lowest BCUT2D eigenvalue weighted by Crippen LogP contribution is -2.24. The molecular weight excluding hydrogens is 384 g/mol. The zero-order valence-corrected chi connectivity index (χ0v) is 16.2. The number of carbonyl (C=O) groups excluding carboxylic acids is 2. The van der Waals surface area contributed by atoms with Crippen molar-refractivity contribution in [2.75, 3.05) is 11.9 Å². The topological polar surface area (TPSA) is 89.8 Å². The molecule has 4 aromatic rings. The van der Waals surface area contributed by atoms with Crippen molar-refractivity contribution in [3.05, 3.63) is 76.6 Å². The third-order valence-electron chi connectivity index (χ3n) is 4.99. The number of para-hydroxylation sites is 1. The molecule has 0 unspecified atom stereocenters. The van der Waals surface area contributed by atoms with Gasteiger partial charge in [0.25, 0.3) is 11.8 Å². The number of H-pyrrole nitrogens is 2. The SMILES string of the molecule is O=C1Nc2sc(C(=O)NCCc3c[nH]c4ccccc34)cc2C1=Cc1ccc[nH]1. The molecule has 1 aliphatic rings. The van der Waals surface area contributed by atoms with Crippen LogP contribution in [0, 0.1) is 0 Å². The second-order valence-corrected chi connectivity index (χ2v) is 7.91. The van der Waals surface area contributed by atoms with Gasteiger partial charge in [0.05, 0.1) is 10.5 Å². The number of fused-ring (bicyclic) bond motifs is 2. The minimum atomic E-state index is -0.146. The maximum Gasteiger partial charge on any atom is 0.261 e. The van der Waals surface area contributed by atoms with E-state index in [1.165, 1.54) is 22.3 Å². The molecule has 5 rings (SSSR count).